The summed E-state index contributed by atoms with van der Waals surface area (Å²) >= 11 is 0. The summed E-state index contributed by atoms with van der Waals surface area (Å²) in [4.78, 5) is 2.26. The average molecular weight is 181 g/mol. The summed E-state index contributed by atoms with van der Waals surface area (Å²) in [5.74, 6) is 1.07. The van der Waals surface area contributed by atoms with Gasteiger partial charge in [0.05, 0.1) is 13.2 Å². The second kappa shape index (κ2) is 3.38. The van der Waals surface area contributed by atoms with Crippen LogP contribution in [0.1, 0.15) is 5.69 Å². The average Bonchev–Trinajstić information content (AvgIpc) is 2.49. The molecule has 0 unspecified atom stereocenters. The lowest BCUT2D eigenvalue weighted by Crippen LogP contribution is -2.36. The Bertz CT molecular complexity index is 270. The summed E-state index contributed by atoms with van der Waals surface area (Å²) in [5.41, 5.74) is 1.20. The third-order valence-electron chi connectivity index (χ3n) is 2.44. The van der Waals surface area contributed by atoms with Gasteiger partial charge in [-0.15, -0.1) is 0 Å². The molecule has 1 fully saturated rings. The number of aryl methyl sites for hydroxylation is 2. The third kappa shape index (κ3) is 1.67. The van der Waals surface area contributed by atoms with Crippen LogP contribution in [0, 0.1) is 6.92 Å². The molecule has 1 aliphatic heterocycles. The van der Waals surface area contributed by atoms with E-state index in [9.17, 15) is 0 Å². The van der Waals surface area contributed by atoms with Crippen LogP contribution in [0.4, 0.5) is 5.82 Å². The largest absolute Gasteiger partial charge is 0.378 e. The molecule has 0 bridgehead atoms. The Balaban J connectivity index is 2.14. The summed E-state index contributed by atoms with van der Waals surface area (Å²) in [5, 5.41) is 4.42. The van der Waals surface area contributed by atoms with Crippen molar-refractivity contribution in [3.63, 3.8) is 0 Å². The predicted molar refractivity (Wildman–Crippen MR) is 51.0 cm³/mol. The lowest BCUT2D eigenvalue weighted by molar-refractivity contribution is 0.122. The molecule has 1 aromatic rings. The molecule has 13 heavy (non-hydrogen) atoms. The van der Waals surface area contributed by atoms with Gasteiger partial charge >= 0.3 is 0 Å². The number of aromatic nitrogens is 2. The zero-order valence-electron chi connectivity index (χ0n) is 8.16. The molecule has 1 aliphatic rings. The molecule has 0 spiro atoms. The number of nitrogens with zero attached hydrogens (tertiary/aromatic N) is 3. The van der Waals surface area contributed by atoms with E-state index in [2.05, 4.69) is 23.0 Å². The Labute approximate surface area is 78.1 Å². The molecule has 0 N–H and O–H groups in total. The molecule has 2 rings (SSSR count). The fourth-order valence-electron chi connectivity index (χ4n) is 1.49. The Morgan fingerprint density at radius 2 is 2.08 bits per heavy atom. The Kier molecular flexibility index (Phi) is 2.22. The van der Waals surface area contributed by atoms with Crippen LogP contribution in [0.25, 0.3) is 0 Å². The van der Waals surface area contributed by atoms with Crippen LogP contribution in [0.5, 0.6) is 0 Å². The van der Waals surface area contributed by atoms with E-state index in [0.29, 0.717) is 0 Å². The molecule has 4 nitrogen and oxygen atoms in total. The van der Waals surface area contributed by atoms with E-state index in [0.717, 1.165) is 32.1 Å². The number of hydrogen-bond donors (Lipinski definition) is 0. The van der Waals surface area contributed by atoms with Crippen molar-refractivity contribution in [3.05, 3.63) is 11.8 Å². The molecule has 0 aliphatic carbocycles. The topological polar surface area (TPSA) is 30.3 Å². The van der Waals surface area contributed by atoms with Gasteiger partial charge < -0.3 is 9.64 Å². The molecule has 0 atom stereocenters. The molecule has 0 radical (unpaired) electrons. The normalized spacial score (nSPS) is 17.8. The second-order valence-corrected chi connectivity index (χ2v) is 3.37. The van der Waals surface area contributed by atoms with Crippen molar-refractivity contribution < 1.29 is 4.74 Å². The Morgan fingerprint density at radius 3 is 2.62 bits per heavy atom. The molecule has 4 heteroatoms. The van der Waals surface area contributed by atoms with Crippen LogP contribution in [0.15, 0.2) is 6.07 Å². The zero-order valence-corrected chi connectivity index (χ0v) is 8.16. The minimum atomic E-state index is 0.815. The number of hydrogen-bond acceptors (Lipinski definition) is 3. The van der Waals surface area contributed by atoms with E-state index in [-0.39, 0.29) is 0 Å². The summed E-state index contributed by atoms with van der Waals surface area (Å²) in [6, 6.07) is 2.12. The van der Waals surface area contributed by atoms with E-state index in [4.69, 9.17) is 4.74 Å². The van der Waals surface area contributed by atoms with Gasteiger partial charge in [-0.1, -0.05) is 0 Å². The van der Waals surface area contributed by atoms with Crippen LogP contribution in [-0.4, -0.2) is 36.1 Å². The van der Waals surface area contributed by atoms with Gasteiger partial charge in [0.2, 0.25) is 0 Å². The van der Waals surface area contributed by atoms with Gasteiger partial charge in [0.25, 0.3) is 0 Å². The maximum Gasteiger partial charge on any atom is 0.151 e. The maximum atomic E-state index is 5.28. The van der Waals surface area contributed by atoms with E-state index in [1.54, 1.807) is 0 Å². The number of anilines is 1. The molecule has 1 saturated heterocycles. The first-order valence-electron chi connectivity index (χ1n) is 4.61. The van der Waals surface area contributed by atoms with Gasteiger partial charge in [0, 0.05) is 31.9 Å². The van der Waals surface area contributed by atoms with Crippen LogP contribution >= 0.6 is 0 Å². The first-order valence-corrected chi connectivity index (χ1v) is 4.61. The molecule has 0 aromatic carbocycles. The zero-order chi connectivity index (χ0) is 9.26. The van der Waals surface area contributed by atoms with Crippen molar-refractivity contribution >= 4 is 5.82 Å². The van der Waals surface area contributed by atoms with Crippen molar-refractivity contribution in [3.8, 4) is 0 Å². The molecule has 1 aromatic heterocycles. The smallest absolute Gasteiger partial charge is 0.151 e. The Hall–Kier alpha value is -1.03. The SMILES string of the molecule is Cc1cc(N2CCOCC2)nn1C. The number of rotatable bonds is 1. The van der Waals surface area contributed by atoms with Crippen molar-refractivity contribution in [2.45, 2.75) is 6.92 Å². The number of morpholine rings is 1. The lowest BCUT2D eigenvalue weighted by Gasteiger charge is -2.26. The lowest BCUT2D eigenvalue weighted by atomic mass is 10.4. The minimum Gasteiger partial charge on any atom is -0.378 e. The molecule has 0 amide bonds. The van der Waals surface area contributed by atoms with Crippen LogP contribution in [-0.2, 0) is 11.8 Å². The third-order valence-corrected chi connectivity index (χ3v) is 2.44. The number of ether oxygens (including phenoxy) is 1. The first kappa shape index (κ1) is 8.56. The van der Waals surface area contributed by atoms with E-state index < -0.39 is 0 Å². The minimum absolute atomic E-state index is 0.815. The summed E-state index contributed by atoms with van der Waals surface area (Å²) in [6.45, 7) is 5.61. The van der Waals surface area contributed by atoms with Crippen molar-refractivity contribution in [1.29, 1.82) is 0 Å². The summed E-state index contributed by atoms with van der Waals surface area (Å²) in [7, 11) is 1.97. The summed E-state index contributed by atoms with van der Waals surface area (Å²) in [6.07, 6.45) is 0. The van der Waals surface area contributed by atoms with Crippen LogP contribution in [0.2, 0.25) is 0 Å². The standard InChI is InChI=1S/C9H15N3O/c1-8-7-9(10-11(8)2)12-3-5-13-6-4-12/h7H,3-6H2,1-2H3. The molecular formula is C9H15N3O. The van der Waals surface area contributed by atoms with Crippen LogP contribution < -0.4 is 4.90 Å². The molecule has 2 heterocycles. The highest BCUT2D eigenvalue weighted by atomic mass is 16.5. The van der Waals surface area contributed by atoms with E-state index >= 15 is 0 Å². The van der Waals surface area contributed by atoms with Crippen molar-refractivity contribution in [2.75, 3.05) is 31.2 Å². The van der Waals surface area contributed by atoms with Gasteiger partial charge in [-0.2, -0.15) is 5.10 Å². The summed E-state index contributed by atoms with van der Waals surface area (Å²) < 4.78 is 7.19. The highest BCUT2D eigenvalue weighted by Gasteiger charge is 2.13. The fraction of sp³-hybridized carbons (Fsp3) is 0.667. The maximum absolute atomic E-state index is 5.28. The first-order chi connectivity index (χ1) is 6.27. The van der Waals surface area contributed by atoms with Crippen molar-refractivity contribution in [1.82, 2.24) is 9.78 Å². The molecular weight excluding hydrogens is 166 g/mol. The Morgan fingerprint density at radius 1 is 1.38 bits per heavy atom. The molecule has 0 saturated carbocycles. The van der Waals surface area contributed by atoms with Gasteiger partial charge in [0.1, 0.15) is 0 Å². The quantitative estimate of drug-likeness (QED) is 0.634. The molecule has 72 valence electrons. The van der Waals surface area contributed by atoms with Gasteiger partial charge in [-0.05, 0) is 6.92 Å². The van der Waals surface area contributed by atoms with E-state index in [1.165, 1.54) is 5.69 Å². The fourth-order valence-corrected chi connectivity index (χ4v) is 1.49. The highest BCUT2D eigenvalue weighted by molar-refractivity contribution is 5.39. The van der Waals surface area contributed by atoms with Gasteiger partial charge in [-0.3, -0.25) is 4.68 Å². The van der Waals surface area contributed by atoms with Crippen molar-refractivity contribution in [2.24, 2.45) is 7.05 Å². The highest BCUT2D eigenvalue weighted by Crippen LogP contribution is 2.14. The van der Waals surface area contributed by atoms with Crippen LogP contribution in [0.3, 0.4) is 0 Å². The predicted octanol–water partition coefficient (Wildman–Crippen LogP) is 0.565. The second-order valence-electron chi connectivity index (χ2n) is 3.37. The van der Waals surface area contributed by atoms with Gasteiger partial charge in [0.15, 0.2) is 5.82 Å². The van der Waals surface area contributed by atoms with E-state index in [1.807, 2.05) is 11.7 Å². The van der Waals surface area contributed by atoms with Gasteiger partial charge in [-0.25, -0.2) is 0 Å². The monoisotopic (exact) mass is 181 g/mol.